The smallest absolute Gasteiger partial charge is 0.407 e. The molecule has 5 nitrogen and oxygen atoms in total. The van der Waals surface area contributed by atoms with Crippen LogP contribution in [-0.2, 0) is 9.47 Å². The summed E-state index contributed by atoms with van der Waals surface area (Å²) in [5, 5.41) is 2.63. The molecule has 2 heterocycles. The summed E-state index contributed by atoms with van der Waals surface area (Å²) in [5.74, 6) is 0. The third-order valence-corrected chi connectivity index (χ3v) is 3.65. The third kappa shape index (κ3) is 6.09. The molecule has 2 aliphatic rings. The number of amides is 1. The van der Waals surface area contributed by atoms with Crippen molar-refractivity contribution < 1.29 is 27.4 Å². The Morgan fingerprint density at radius 2 is 2.14 bits per heavy atom. The van der Waals surface area contributed by atoms with Gasteiger partial charge in [0.25, 0.3) is 0 Å². The van der Waals surface area contributed by atoms with E-state index in [1.165, 1.54) is 4.90 Å². The topological polar surface area (TPSA) is 50.8 Å². The van der Waals surface area contributed by atoms with Gasteiger partial charge in [-0.25, -0.2) is 4.79 Å². The van der Waals surface area contributed by atoms with Crippen molar-refractivity contribution in [2.24, 2.45) is 0 Å². The molecule has 1 amide bonds. The fourth-order valence-corrected chi connectivity index (χ4v) is 2.72. The van der Waals surface area contributed by atoms with Crippen molar-refractivity contribution >= 4 is 6.09 Å². The van der Waals surface area contributed by atoms with Crippen LogP contribution in [0.3, 0.4) is 0 Å². The van der Waals surface area contributed by atoms with Gasteiger partial charge in [-0.15, -0.1) is 0 Å². The van der Waals surface area contributed by atoms with Gasteiger partial charge in [-0.3, -0.25) is 4.90 Å². The van der Waals surface area contributed by atoms with Crippen molar-refractivity contribution in [3.8, 4) is 0 Å². The lowest BCUT2D eigenvalue weighted by Crippen LogP contribution is -2.50. The lowest BCUT2D eigenvalue weighted by Gasteiger charge is -2.33. The summed E-state index contributed by atoms with van der Waals surface area (Å²) in [7, 11) is 0. The molecule has 0 aliphatic carbocycles. The highest BCUT2D eigenvalue weighted by atomic mass is 19.4. The highest BCUT2D eigenvalue weighted by Gasteiger charge is 2.33. The number of carbonyl (C=O) groups is 1. The minimum atomic E-state index is -4.21. The standard InChI is InChI=1S/C13H21F3N2O3/c14-13(15,16)9-18-5-1-3-10(7-18)17-12(19)21-8-11-4-2-6-20-11/h10-11H,1-9H2,(H,17,19)/t10-,11+/m0/s1. The van der Waals surface area contributed by atoms with E-state index in [2.05, 4.69) is 5.32 Å². The first-order valence-electron chi connectivity index (χ1n) is 7.26. The summed E-state index contributed by atoms with van der Waals surface area (Å²) < 4.78 is 47.4. The normalized spacial score (nSPS) is 27.6. The fraction of sp³-hybridized carbons (Fsp3) is 0.923. The molecule has 122 valence electrons. The monoisotopic (exact) mass is 310 g/mol. The number of ether oxygens (including phenoxy) is 2. The number of rotatable bonds is 4. The van der Waals surface area contributed by atoms with Crippen molar-refractivity contribution in [1.29, 1.82) is 0 Å². The van der Waals surface area contributed by atoms with E-state index in [9.17, 15) is 18.0 Å². The zero-order chi connectivity index (χ0) is 15.3. The number of nitrogens with zero attached hydrogens (tertiary/aromatic N) is 1. The lowest BCUT2D eigenvalue weighted by atomic mass is 10.1. The van der Waals surface area contributed by atoms with Crippen LogP contribution in [-0.4, -0.2) is 62.2 Å². The summed E-state index contributed by atoms with van der Waals surface area (Å²) in [4.78, 5) is 12.9. The van der Waals surface area contributed by atoms with Crippen LogP contribution < -0.4 is 5.32 Å². The zero-order valence-electron chi connectivity index (χ0n) is 11.8. The molecule has 0 unspecified atom stereocenters. The Morgan fingerprint density at radius 3 is 2.81 bits per heavy atom. The quantitative estimate of drug-likeness (QED) is 0.862. The SMILES string of the molecule is O=C(N[C@H]1CCCN(CC(F)(F)F)C1)OC[C@H]1CCCO1. The molecule has 8 heteroatoms. The molecular weight excluding hydrogens is 289 g/mol. The number of likely N-dealkylation sites (tertiary alicyclic amines) is 1. The number of carbonyl (C=O) groups excluding carboxylic acids is 1. The van der Waals surface area contributed by atoms with Crippen LogP contribution in [0.2, 0.25) is 0 Å². The maximum Gasteiger partial charge on any atom is 0.407 e. The Hall–Kier alpha value is -1.02. The van der Waals surface area contributed by atoms with E-state index >= 15 is 0 Å². The Kier molecular flexibility index (Phi) is 5.69. The predicted molar refractivity (Wildman–Crippen MR) is 69.0 cm³/mol. The van der Waals surface area contributed by atoms with Crippen molar-refractivity contribution in [3.05, 3.63) is 0 Å². The van der Waals surface area contributed by atoms with Gasteiger partial charge < -0.3 is 14.8 Å². The average molecular weight is 310 g/mol. The van der Waals surface area contributed by atoms with E-state index in [-0.39, 0.29) is 25.3 Å². The molecule has 1 N–H and O–H groups in total. The van der Waals surface area contributed by atoms with Crippen molar-refractivity contribution in [1.82, 2.24) is 10.2 Å². The molecule has 0 aromatic rings. The summed E-state index contributed by atoms with van der Waals surface area (Å²) in [6.07, 6.45) is -1.70. The first-order chi connectivity index (χ1) is 9.92. The van der Waals surface area contributed by atoms with Gasteiger partial charge in [0.2, 0.25) is 0 Å². The maximum atomic E-state index is 12.4. The van der Waals surface area contributed by atoms with Gasteiger partial charge in [0.1, 0.15) is 6.61 Å². The van der Waals surface area contributed by atoms with Crippen LogP contribution >= 0.6 is 0 Å². The second-order valence-corrected chi connectivity index (χ2v) is 5.57. The zero-order valence-corrected chi connectivity index (χ0v) is 11.8. The first-order valence-corrected chi connectivity index (χ1v) is 7.26. The van der Waals surface area contributed by atoms with E-state index in [0.29, 0.717) is 26.0 Å². The van der Waals surface area contributed by atoms with Gasteiger partial charge in [0.05, 0.1) is 12.6 Å². The Bertz CT molecular complexity index is 346. The molecule has 2 fully saturated rings. The minimum Gasteiger partial charge on any atom is -0.447 e. The second kappa shape index (κ2) is 7.31. The number of hydrogen-bond acceptors (Lipinski definition) is 4. The van der Waals surface area contributed by atoms with Crippen molar-refractivity contribution in [2.75, 3.05) is 32.8 Å². The lowest BCUT2D eigenvalue weighted by molar-refractivity contribution is -0.148. The number of piperidine rings is 1. The van der Waals surface area contributed by atoms with Crippen LogP contribution in [0.25, 0.3) is 0 Å². The number of halogens is 3. The van der Waals surface area contributed by atoms with Crippen LogP contribution in [0.1, 0.15) is 25.7 Å². The Labute approximate surface area is 121 Å². The first kappa shape index (κ1) is 16.4. The van der Waals surface area contributed by atoms with Gasteiger partial charge in [0, 0.05) is 19.2 Å². The molecule has 2 atom stereocenters. The summed E-state index contributed by atoms with van der Waals surface area (Å²) in [6.45, 7) is 0.558. The highest BCUT2D eigenvalue weighted by Crippen LogP contribution is 2.20. The molecule has 0 bridgehead atoms. The van der Waals surface area contributed by atoms with Gasteiger partial charge >= 0.3 is 12.3 Å². The molecule has 0 saturated carbocycles. The number of alkyl halides is 3. The molecule has 0 aromatic heterocycles. The van der Waals surface area contributed by atoms with Crippen molar-refractivity contribution in [3.63, 3.8) is 0 Å². The molecule has 0 aromatic carbocycles. The molecule has 21 heavy (non-hydrogen) atoms. The molecule has 2 aliphatic heterocycles. The number of nitrogens with one attached hydrogen (secondary N) is 1. The Morgan fingerprint density at radius 1 is 1.33 bits per heavy atom. The fourth-order valence-electron chi connectivity index (χ4n) is 2.72. The van der Waals surface area contributed by atoms with Gasteiger partial charge in [0.15, 0.2) is 0 Å². The van der Waals surface area contributed by atoms with Gasteiger partial charge in [-0.1, -0.05) is 0 Å². The van der Waals surface area contributed by atoms with E-state index in [4.69, 9.17) is 9.47 Å². The number of alkyl carbamates (subject to hydrolysis) is 1. The largest absolute Gasteiger partial charge is 0.447 e. The molecular formula is C13H21F3N2O3. The third-order valence-electron chi connectivity index (χ3n) is 3.65. The van der Waals surface area contributed by atoms with Crippen LogP contribution in [0.4, 0.5) is 18.0 Å². The van der Waals surface area contributed by atoms with E-state index in [0.717, 1.165) is 12.8 Å². The molecule has 2 rings (SSSR count). The van der Waals surface area contributed by atoms with Crippen LogP contribution in [0.15, 0.2) is 0 Å². The van der Waals surface area contributed by atoms with E-state index in [1.807, 2.05) is 0 Å². The minimum absolute atomic E-state index is 0.0520. The van der Waals surface area contributed by atoms with Gasteiger partial charge in [-0.2, -0.15) is 13.2 Å². The predicted octanol–water partition coefficient (Wildman–Crippen LogP) is 1.92. The Balaban J connectivity index is 1.67. The van der Waals surface area contributed by atoms with E-state index < -0.39 is 18.8 Å². The second-order valence-electron chi connectivity index (χ2n) is 5.57. The van der Waals surface area contributed by atoms with Crippen molar-refractivity contribution in [2.45, 2.75) is 44.0 Å². The van der Waals surface area contributed by atoms with Gasteiger partial charge in [-0.05, 0) is 32.2 Å². The summed E-state index contributed by atoms with van der Waals surface area (Å²) in [5.41, 5.74) is 0. The summed E-state index contributed by atoms with van der Waals surface area (Å²) in [6, 6.07) is -0.293. The number of hydrogen-bond donors (Lipinski definition) is 1. The van der Waals surface area contributed by atoms with Crippen LogP contribution in [0, 0.1) is 0 Å². The highest BCUT2D eigenvalue weighted by molar-refractivity contribution is 5.67. The average Bonchev–Trinajstić information content (AvgIpc) is 2.87. The summed E-state index contributed by atoms with van der Waals surface area (Å²) >= 11 is 0. The molecule has 2 saturated heterocycles. The maximum absolute atomic E-state index is 12.4. The molecule has 0 spiro atoms. The van der Waals surface area contributed by atoms with Crippen LogP contribution in [0.5, 0.6) is 0 Å². The molecule has 0 radical (unpaired) electrons. The van der Waals surface area contributed by atoms with E-state index in [1.54, 1.807) is 0 Å².